The Hall–Kier alpha value is -1.85. The molecule has 0 unspecified atom stereocenters. The van der Waals surface area contributed by atoms with Crippen LogP contribution in [0.15, 0.2) is 6.07 Å². The van der Waals surface area contributed by atoms with Crippen molar-refractivity contribution < 1.29 is 4.79 Å². The number of likely N-dealkylation sites (N-methyl/N-ethyl adjacent to an activating group) is 2. The van der Waals surface area contributed by atoms with E-state index in [0.717, 1.165) is 0 Å². The molecular formula is C12H21N5O. The van der Waals surface area contributed by atoms with Gasteiger partial charge in [-0.1, -0.05) is 13.8 Å². The fourth-order valence-electron chi connectivity index (χ4n) is 1.47. The minimum absolute atomic E-state index is 0.0386. The lowest BCUT2D eigenvalue weighted by molar-refractivity contribution is -0.119. The number of nitrogens with one attached hydrogen (secondary N) is 1. The molecule has 0 aliphatic carbocycles. The zero-order chi connectivity index (χ0) is 13.7. The second kappa shape index (κ2) is 6.18. The highest BCUT2D eigenvalue weighted by Crippen LogP contribution is 2.17. The molecule has 0 aliphatic rings. The molecular weight excluding hydrogens is 230 g/mol. The first kappa shape index (κ1) is 14.2. The first-order chi connectivity index (χ1) is 8.43. The molecule has 1 heterocycles. The number of amides is 1. The van der Waals surface area contributed by atoms with E-state index in [1.807, 2.05) is 20.8 Å². The highest BCUT2D eigenvalue weighted by Gasteiger charge is 2.12. The summed E-state index contributed by atoms with van der Waals surface area (Å²) in [5, 5.41) is 2.74. The van der Waals surface area contributed by atoms with E-state index in [4.69, 9.17) is 5.73 Å². The van der Waals surface area contributed by atoms with Crippen LogP contribution in [0.5, 0.6) is 0 Å². The largest absolute Gasteiger partial charge is 0.384 e. The lowest BCUT2D eigenvalue weighted by Gasteiger charge is -2.19. The van der Waals surface area contributed by atoms with Crippen molar-refractivity contribution in [2.75, 3.05) is 30.8 Å². The van der Waals surface area contributed by atoms with Gasteiger partial charge in [0, 0.05) is 25.6 Å². The van der Waals surface area contributed by atoms with Gasteiger partial charge in [0.15, 0.2) is 0 Å². The van der Waals surface area contributed by atoms with Gasteiger partial charge in [0.25, 0.3) is 0 Å². The molecule has 18 heavy (non-hydrogen) atoms. The third-order valence-electron chi connectivity index (χ3n) is 2.41. The van der Waals surface area contributed by atoms with Gasteiger partial charge in [0.2, 0.25) is 5.91 Å². The molecule has 6 heteroatoms. The Morgan fingerprint density at radius 3 is 2.72 bits per heavy atom. The molecule has 100 valence electrons. The van der Waals surface area contributed by atoms with Crippen molar-refractivity contribution in [2.45, 2.75) is 26.7 Å². The van der Waals surface area contributed by atoms with Crippen molar-refractivity contribution in [1.82, 2.24) is 15.3 Å². The minimum atomic E-state index is -0.0386. The molecule has 0 spiro atoms. The van der Waals surface area contributed by atoms with Gasteiger partial charge < -0.3 is 16.0 Å². The van der Waals surface area contributed by atoms with Crippen molar-refractivity contribution >= 4 is 17.5 Å². The third kappa shape index (κ3) is 3.87. The van der Waals surface area contributed by atoms with Gasteiger partial charge in [-0.05, 0) is 6.92 Å². The summed E-state index contributed by atoms with van der Waals surface area (Å²) in [4.78, 5) is 21.8. The Labute approximate surface area is 108 Å². The summed E-state index contributed by atoms with van der Waals surface area (Å²) in [5.41, 5.74) is 5.75. The molecule has 6 nitrogen and oxygen atoms in total. The summed E-state index contributed by atoms with van der Waals surface area (Å²) >= 11 is 0. The minimum Gasteiger partial charge on any atom is -0.384 e. The first-order valence-electron chi connectivity index (χ1n) is 6.06. The van der Waals surface area contributed by atoms with Crippen LogP contribution in [0.2, 0.25) is 0 Å². The number of hydrogen-bond acceptors (Lipinski definition) is 5. The summed E-state index contributed by atoms with van der Waals surface area (Å²) in [6.45, 7) is 6.76. The van der Waals surface area contributed by atoms with Gasteiger partial charge in [0.05, 0.1) is 6.54 Å². The second-order valence-electron chi connectivity index (χ2n) is 4.47. The van der Waals surface area contributed by atoms with Crippen LogP contribution >= 0.6 is 0 Å². The highest BCUT2D eigenvalue weighted by atomic mass is 16.2. The van der Waals surface area contributed by atoms with Crippen molar-refractivity contribution in [3.63, 3.8) is 0 Å². The Kier molecular flexibility index (Phi) is 4.88. The van der Waals surface area contributed by atoms with Crippen LogP contribution in [0.1, 0.15) is 32.5 Å². The van der Waals surface area contributed by atoms with Crippen LogP contribution in [-0.2, 0) is 4.79 Å². The zero-order valence-corrected chi connectivity index (χ0v) is 11.4. The summed E-state index contributed by atoms with van der Waals surface area (Å²) in [5.74, 6) is 1.94. The van der Waals surface area contributed by atoms with Gasteiger partial charge in [-0.2, -0.15) is 0 Å². The number of nitrogens with two attached hydrogens (primary N) is 1. The van der Waals surface area contributed by atoms with Crippen LogP contribution in [0.3, 0.4) is 0 Å². The number of nitrogen functional groups attached to an aromatic ring is 1. The van der Waals surface area contributed by atoms with E-state index in [1.54, 1.807) is 18.0 Å². The average Bonchev–Trinajstić information content (AvgIpc) is 2.28. The molecule has 0 atom stereocenters. The monoisotopic (exact) mass is 251 g/mol. The van der Waals surface area contributed by atoms with Crippen LogP contribution in [0.4, 0.5) is 11.6 Å². The quantitative estimate of drug-likeness (QED) is 0.807. The highest BCUT2D eigenvalue weighted by molar-refractivity contribution is 5.80. The fraction of sp³-hybridized carbons (Fsp3) is 0.583. The molecule has 1 rings (SSSR count). The maximum absolute atomic E-state index is 11.5. The summed E-state index contributed by atoms with van der Waals surface area (Å²) in [6, 6.07) is 1.67. The second-order valence-corrected chi connectivity index (χ2v) is 4.47. The Morgan fingerprint density at radius 1 is 1.50 bits per heavy atom. The van der Waals surface area contributed by atoms with Gasteiger partial charge in [-0.15, -0.1) is 0 Å². The van der Waals surface area contributed by atoms with Crippen molar-refractivity contribution in [3.05, 3.63) is 11.9 Å². The summed E-state index contributed by atoms with van der Waals surface area (Å²) in [6.07, 6.45) is 0. The molecule has 0 saturated heterocycles. The number of aromatic nitrogens is 2. The maximum Gasteiger partial charge on any atom is 0.239 e. The van der Waals surface area contributed by atoms with Crippen molar-refractivity contribution in [1.29, 1.82) is 0 Å². The van der Waals surface area contributed by atoms with E-state index in [2.05, 4.69) is 15.3 Å². The molecule has 3 N–H and O–H groups in total. The number of anilines is 2. The molecule has 1 aromatic rings. The van der Waals surface area contributed by atoms with Crippen LogP contribution < -0.4 is 16.0 Å². The zero-order valence-electron chi connectivity index (χ0n) is 11.4. The van der Waals surface area contributed by atoms with E-state index in [9.17, 15) is 4.79 Å². The Bertz CT molecular complexity index is 419. The van der Waals surface area contributed by atoms with Crippen LogP contribution in [0, 0.1) is 0 Å². The topological polar surface area (TPSA) is 84.1 Å². The van der Waals surface area contributed by atoms with Gasteiger partial charge in [-0.25, -0.2) is 9.97 Å². The Morgan fingerprint density at radius 2 is 2.17 bits per heavy atom. The first-order valence-corrected chi connectivity index (χ1v) is 6.06. The van der Waals surface area contributed by atoms with E-state index in [0.29, 0.717) is 24.0 Å². The molecule has 0 radical (unpaired) electrons. The van der Waals surface area contributed by atoms with Crippen molar-refractivity contribution in [2.24, 2.45) is 0 Å². The normalized spacial score (nSPS) is 10.5. The lowest BCUT2D eigenvalue weighted by Crippen LogP contribution is -2.35. The number of hydrogen-bond donors (Lipinski definition) is 2. The standard InChI is InChI=1S/C12H21N5O/c1-5-14-11(18)7-17(4)10-6-9(13)15-12(16-10)8(2)3/h6,8H,5,7H2,1-4H3,(H,14,18)(H2,13,15,16). The lowest BCUT2D eigenvalue weighted by atomic mass is 10.2. The average molecular weight is 251 g/mol. The number of carbonyl (C=O) groups is 1. The molecule has 0 saturated carbocycles. The molecule has 1 amide bonds. The smallest absolute Gasteiger partial charge is 0.239 e. The van der Waals surface area contributed by atoms with E-state index in [1.165, 1.54) is 0 Å². The molecule has 1 aromatic heterocycles. The fourth-order valence-corrected chi connectivity index (χ4v) is 1.47. The van der Waals surface area contributed by atoms with Gasteiger partial charge in [-0.3, -0.25) is 4.79 Å². The predicted molar refractivity (Wildman–Crippen MR) is 72.5 cm³/mol. The van der Waals surface area contributed by atoms with Gasteiger partial charge >= 0.3 is 0 Å². The van der Waals surface area contributed by atoms with Gasteiger partial charge in [0.1, 0.15) is 17.5 Å². The predicted octanol–water partition coefficient (Wildman–Crippen LogP) is 0.754. The number of carbonyl (C=O) groups excluding carboxylic acids is 1. The maximum atomic E-state index is 11.5. The molecule has 0 aliphatic heterocycles. The van der Waals surface area contributed by atoms with E-state index in [-0.39, 0.29) is 18.4 Å². The molecule has 0 fully saturated rings. The SMILES string of the molecule is CCNC(=O)CN(C)c1cc(N)nc(C(C)C)n1. The third-order valence-corrected chi connectivity index (χ3v) is 2.41. The Balaban J connectivity index is 2.85. The molecule has 0 aromatic carbocycles. The van der Waals surface area contributed by atoms with Crippen LogP contribution in [-0.4, -0.2) is 36.0 Å². The van der Waals surface area contributed by atoms with Crippen LogP contribution in [0.25, 0.3) is 0 Å². The van der Waals surface area contributed by atoms with Crippen molar-refractivity contribution in [3.8, 4) is 0 Å². The number of rotatable bonds is 5. The van der Waals surface area contributed by atoms with E-state index >= 15 is 0 Å². The van der Waals surface area contributed by atoms with E-state index < -0.39 is 0 Å². The molecule has 0 bridgehead atoms. The number of nitrogens with zero attached hydrogens (tertiary/aromatic N) is 3. The summed E-state index contributed by atoms with van der Waals surface area (Å²) in [7, 11) is 1.81. The summed E-state index contributed by atoms with van der Waals surface area (Å²) < 4.78 is 0.